The fraction of sp³-hybridized carbons (Fsp3) is 0.353. The van der Waals surface area contributed by atoms with E-state index in [1.165, 1.54) is 0 Å². The van der Waals surface area contributed by atoms with Crippen molar-refractivity contribution in [1.82, 2.24) is 4.98 Å². The van der Waals surface area contributed by atoms with Gasteiger partial charge in [0.25, 0.3) is 10.0 Å². The maximum Gasteiger partial charge on any atom is 0.262 e. The van der Waals surface area contributed by atoms with Crippen LogP contribution in [0, 0.1) is 0 Å². The molecule has 0 unspecified atom stereocenters. The van der Waals surface area contributed by atoms with Gasteiger partial charge < -0.3 is 9.64 Å². The molecule has 0 bridgehead atoms. The number of rotatable bonds is 4. The van der Waals surface area contributed by atoms with Gasteiger partial charge in [-0.2, -0.15) is 0 Å². The summed E-state index contributed by atoms with van der Waals surface area (Å²) >= 11 is 0. The minimum absolute atomic E-state index is 0.253. The van der Waals surface area contributed by atoms with Crippen molar-refractivity contribution in [2.45, 2.75) is 24.2 Å². The zero-order valence-corrected chi connectivity index (χ0v) is 14.1. The number of nitrogens with one attached hydrogen (secondary N) is 1. The molecule has 0 aliphatic carbocycles. The molecule has 1 N–H and O–H groups in total. The summed E-state index contributed by atoms with van der Waals surface area (Å²) in [6.07, 6.45) is 4.64. The molecular formula is C17H19N3O3S. The second-order valence-corrected chi connectivity index (χ2v) is 7.72. The number of hydrogen-bond acceptors (Lipinski definition) is 5. The number of hydrogen-bond donors (Lipinski definition) is 1. The van der Waals surface area contributed by atoms with Crippen LogP contribution in [-0.4, -0.2) is 33.1 Å². The average Bonchev–Trinajstić information content (AvgIpc) is 3.26. The predicted molar refractivity (Wildman–Crippen MR) is 92.1 cm³/mol. The summed E-state index contributed by atoms with van der Waals surface area (Å²) in [5, 5.41) is 0. The first-order valence-corrected chi connectivity index (χ1v) is 9.60. The molecule has 7 heteroatoms. The Balaban J connectivity index is 1.65. The van der Waals surface area contributed by atoms with E-state index in [9.17, 15) is 8.42 Å². The molecule has 0 atom stereocenters. The normalized spacial score (nSPS) is 16.8. The molecule has 0 saturated carbocycles. The van der Waals surface area contributed by atoms with Crippen LogP contribution < -0.4 is 14.4 Å². The Hall–Kier alpha value is -2.28. The summed E-state index contributed by atoms with van der Waals surface area (Å²) in [6.45, 7) is 2.41. The molecule has 1 aromatic heterocycles. The van der Waals surface area contributed by atoms with Crippen molar-refractivity contribution in [3.63, 3.8) is 0 Å². The van der Waals surface area contributed by atoms with E-state index in [2.05, 4.69) is 14.6 Å². The molecule has 126 valence electrons. The maximum atomic E-state index is 12.8. The lowest BCUT2D eigenvalue weighted by atomic mass is 10.2. The highest BCUT2D eigenvalue weighted by atomic mass is 32.2. The van der Waals surface area contributed by atoms with E-state index in [0.717, 1.165) is 43.7 Å². The molecule has 1 saturated heterocycles. The van der Waals surface area contributed by atoms with E-state index >= 15 is 0 Å². The zero-order valence-electron chi connectivity index (χ0n) is 13.2. The van der Waals surface area contributed by atoms with Gasteiger partial charge in [0.05, 0.1) is 17.2 Å². The quantitative estimate of drug-likeness (QED) is 0.921. The lowest BCUT2D eigenvalue weighted by molar-refractivity contribution is 0.356. The minimum atomic E-state index is -3.66. The standard InChI is InChI=1S/C17H19N3O3S/c21-24(22,14-5-6-16-13(12-14)7-11-23-16)19-15-4-3-8-18-17(15)20-9-1-2-10-20/h3-6,8,12,19H,1-2,7,9-11H2. The van der Waals surface area contributed by atoms with Crippen molar-refractivity contribution in [3.05, 3.63) is 42.1 Å². The van der Waals surface area contributed by atoms with Crippen LogP contribution in [0.5, 0.6) is 5.75 Å². The molecular weight excluding hydrogens is 326 g/mol. The molecule has 24 heavy (non-hydrogen) atoms. The molecule has 0 spiro atoms. The van der Waals surface area contributed by atoms with Gasteiger partial charge in [0, 0.05) is 25.7 Å². The highest BCUT2D eigenvalue weighted by molar-refractivity contribution is 7.92. The molecule has 2 aromatic rings. The molecule has 6 nitrogen and oxygen atoms in total. The lowest BCUT2D eigenvalue weighted by Crippen LogP contribution is -2.22. The fourth-order valence-corrected chi connectivity index (χ4v) is 4.30. The van der Waals surface area contributed by atoms with Gasteiger partial charge in [-0.05, 0) is 48.7 Å². The van der Waals surface area contributed by atoms with Crippen molar-refractivity contribution in [2.24, 2.45) is 0 Å². The Bertz CT molecular complexity index is 861. The van der Waals surface area contributed by atoms with E-state index in [1.54, 1.807) is 36.5 Å². The van der Waals surface area contributed by atoms with Crippen molar-refractivity contribution >= 4 is 21.5 Å². The van der Waals surface area contributed by atoms with Gasteiger partial charge in [-0.1, -0.05) is 0 Å². The molecule has 3 heterocycles. The summed E-state index contributed by atoms with van der Waals surface area (Å²) in [7, 11) is -3.66. The van der Waals surface area contributed by atoms with Crippen molar-refractivity contribution < 1.29 is 13.2 Å². The Morgan fingerprint density at radius 3 is 2.83 bits per heavy atom. The number of ether oxygens (including phenoxy) is 1. The summed E-state index contributed by atoms with van der Waals surface area (Å²) < 4.78 is 33.7. The first-order valence-electron chi connectivity index (χ1n) is 8.12. The Labute approximate surface area is 141 Å². The number of anilines is 2. The van der Waals surface area contributed by atoms with Crippen LogP contribution in [0.2, 0.25) is 0 Å². The van der Waals surface area contributed by atoms with Gasteiger partial charge in [0.15, 0.2) is 5.82 Å². The monoisotopic (exact) mass is 345 g/mol. The van der Waals surface area contributed by atoms with E-state index in [0.29, 0.717) is 18.1 Å². The van der Waals surface area contributed by atoms with Gasteiger partial charge >= 0.3 is 0 Å². The van der Waals surface area contributed by atoms with Crippen LogP contribution >= 0.6 is 0 Å². The van der Waals surface area contributed by atoms with Crippen LogP contribution in [-0.2, 0) is 16.4 Å². The first kappa shape index (κ1) is 15.3. The molecule has 0 amide bonds. The molecule has 0 radical (unpaired) electrons. The smallest absolute Gasteiger partial charge is 0.262 e. The van der Waals surface area contributed by atoms with Crippen molar-refractivity contribution in [1.29, 1.82) is 0 Å². The first-order chi connectivity index (χ1) is 11.6. The van der Waals surface area contributed by atoms with Gasteiger partial charge in [-0.25, -0.2) is 13.4 Å². The second-order valence-electron chi connectivity index (χ2n) is 6.04. The van der Waals surface area contributed by atoms with Gasteiger partial charge in [-0.3, -0.25) is 4.72 Å². The van der Waals surface area contributed by atoms with Gasteiger partial charge in [-0.15, -0.1) is 0 Å². The molecule has 2 aliphatic heterocycles. The van der Waals surface area contributed by atoms with Crippen LogP contribution in [0.15, 0.2) is 41.4 Å². The number of fused-ring (bicyclic) bond motifs is 1. The Kier molecular flexibility index (Phi) is 3.80. The topological polar surface area (TPSA) is 71.5 Å². The van der Waals surface area contributed by atoms with Crippen LogP contribution in [0.1, 0.15) is 18.4 Å². The summed E-state index contributed by atoms with van der Waals surface area (Å²) in [4.78, 5) is 6.75. The van der Waals surface area contributed by atoms with E-state index < -0.39 is 10.0 Å². The average molecular weight is 345 g/mol. The number of sulfonamides is 1. The highest BCUT2D eigenvalue weighted by Gasteiger charge is 2.23. The van der Waals surface area contributed by atoms with Crippen LogP contribution in [0.25, 0.3) is 0 Å². The number of pyridine rings is 1. The number of nitrogens with zero attached hydrogens (tertiary/aromatic N) is 2. The van der Waals surface area contributed by atoms with Crippen LogP contribution in [0.3, 0.4) is 0 Å². The highest BCUT2D eigenvalue weighted by Crippen LogP contribution is 2.31. The molecule has 1 fully saturated rings. The minimum Gasteiger partial charge on any atom is -0.493 e. The third-order valence-electron chi connectivity index (χ3n) is 4.41. The number of benzene rings is 1. The largest absolute Gasteiger partial charge is 0.493 e. The van der Waals surface area contributed by atoms with E-state index in [1.807, 2.05) is 0 Å². The lowest BCUT2D eigenvalue weighted by Gasteiger charge is -2.20. The second kappa shape index (κ2) is 5.98. The summed E-state index contributed by atoms with van der Waals surface area (Å²) in [6, 6.07) is 8.50. The van der Waals surface area contributed by atoms with Crippen molar-refractivity contribution in [2.75, 3.05) is 29.3 Å². The molecule has 2 aliphatic rings. The van der Waals surface area contributed by atoms with Gasteiger partial charge in [0.1, 0.15) is 5.75 Å². The Morgan fingerprint density at radius 1 is 1.17 bits per heavy atom. The van der Waals surface area contributed by atoms with Crippen molar-refractivity contribution in [3.8, 4) is 5.75 Å². The summed E-state index contributed by atoms with van der Waals surface area (Å²) in [5.74, 6) is 1.47. The van der Waals surface area contributed by atoms with E-state index in [-0.39, 0.29) is 4.90 Å². The Morgan fingerprint density at radius 2 is 2.00 bits per heavy atom. The number of aromatic nitrogens is 1. The van der Waals surface area contributed by atoms with Gasteiger partial charge in [0.2, 0.25) is 0 Å². The molecule has 1 aromatic carbocycles. The SMILES string of the molecule is O=S(=O)(Nc1cccnc1N1CCCC1)c1ccc2c(c1)CCO2. The summed E-state index contributed by atoms with van der Waals surface area (Å²) in [5.41, 5.74) is 1.46. The van der Waals surface area contributed by atoms with E-state index in [4.69, 9.17) is 4.74 Å². The zero-order chi connectivity index (χ0) is 16.6. The van der Waals surface area contributed by atoms with Crippen LogP contribution in [0.4, 0.5) is 11.5 Å². The predicted octanol–water partition coefficient (Wildman–Crippen LogP) is 2.42. The fourth-order valence-electron chi connectivity index (χ4n) is 3.19. The molecule has 4 rings (SSSR count). The maximum absolute atomic E-state index is 12.8. The third-order valence-corrected chi connectivity index (χ3v) is 5.77. The third kappa shape index (κ3) is 2.80.